The summed E-state index contributed by atoms with van der Waals surface area (Å²) in [7, 11) is 0. The first-order valence-electron chi connectivity index (χ1n) is 7.14. The van der Waals surface area contributed by atoms with Crippen molar-refractivity contribution in [2.75, 3.05) is 0 Å². The number of fused-ring (bicyclic) bond motifs is 3. The third-order valence-electron chi connectivity index (χ3n) is 3.49. The molecular formula is C19H12O4. The maximum Gasteiger partial charge on any atom is 0.336 e. The van der Waals surface area contributed by atoms with E-state index in [1.807, 2.05) is 24.3 Å². The molecule has 4 rings (SSSR count). The fourth-order valence-corrected chi connectivity index (χ4v) is 2.46. The van der Waals surface area contributed by atoms with E-state index in [9.17, 15) is 4.79 Å². The van der Waals surface area contributed by atoms with Gasteiger partial charge in [0.15, 0.2) is 0 Å². The Hall–Kier alpha value is -3.27. The molecule has 2 aromatic heterocycles. The van der Waals surface area contributed by atoms with Crippen LogP contribution in [0.2, 0.25) is 0 Å². The SMILES string of the molecule is O=C(C=Cc1ccco1)Oc1ccc2oc3ccccc3c2c1. The number of carbonyl (C=O) groups excluding carboxylic acids is 1. The Labute approximate surface area is 131 Å². The van der Waals surface area contributed by atoms with Crippen LogP contribution in [0.25, 0.3) is 28.0 Å². The number of rotatable bonds is 3. The fourth-order valence-electron chi connectivity index (χ4n) is 2.46. The highest BCUT2D eigenvalue weighted by atomic mass is 16.5. The molecule has 0 fully saturated rings. The van der Waals surface area contributed by atoms with E-state index in [1.165, 1.54) is 6.08 Å². The van der Waals surface area contributed by atoms with Crippen molar-refractivity contribution in [2.24, 2.45) is 0 Å². The summed E-state index contributed by atoms with van der Waals surface area (Å²) in [4.78, 5) is 11.9. The number of furan rings is 2. The van der Waals surface area contributed by atoms with E-state index in [4.69, 9.17) is 13.6 Å². The summed E-state index contributed by atoms with van der Waals surface area (Å²) in [5.41, 5.74) is 1.57. The van der Waals surface area contributed by atoms with Crippen molar-refractivity contribution in [3.05, 3.63) is 72.7 Å². The fraction of sp³-hybridized carbons (Fsp3) is 0. The summed E-state index contributed by atoms with van der Waals surface area (Å²) < 4.78 is 16.2. The van der Waals surface area contributed by atoms with Crippen LogP contribution in [0.1, 0.15) is 5.76 Å². The summed E-state index contributed by atoms with van der Waals surface area (Å²) in [6.07, 6.45) is 4.44. The first kappa shape index (κ1) is 13.4. The van der Waals surface area contributed by atoms with Crippen LogP contribution in [0, 0.1) is 0 Å². The van der Waals surface area contributed by atoms with E-state index < -0.39 is 5.97 Å². The van der Waals surface area contributed by atoms with Crippen molar-refractivity contribution < 1.29 is 18.4 Å². The molecule has 4 nitrogen and oxygen atoms in total. The van der Waals surface area contributed by atoms with Crippen molar-refractivity contribution in [1.82, 2.24) is 0 Å². The molecule has 0 saturated carbocycles. The molecule has 0 aliphatic rings. The molecule has 0 radical (unpaired) electrons. The minimum Gasteiger partial charge on any atom is -0.465 e. The Bertz CT molecular complexity index is 1010. The predicted molar refractivity (Wildman–Crippen MR) is 87.1 cm³/mol. The number of benzene rings is 2. The topological polar surface area (TPSA) is 52.6 Å². The van der Waals surface area contributed by atoms with E-state index in [1.54, 1.807) is 42.7 Å². The maximum absolute atomic E-state index is 11.9. The largest absolute Gasteiger partial charge is 0.465 e. The van der Waals surface area contributed by atoms with Gasteiger partial charge in [0.25, 0.3) is 0 Å². The number of carbonyl (C=O) groups is 1. The molecule has 4 aromatic rings. The van der Waals surface area contributed by atoms with E-state index in [0.29, 0.717) is 11.5 Å². The van der Waals surface area contributed by atoms with Gasteiger partial charge in [-0.25, -0.2) is 4.79 Å². The molecular weight excluding hydrogens is 292 g/mol. The molecule has 0 unspecified atom stereocenters. The molecule has 0 aliphatic heterocycles. The summed E-state index contributed by atoms with van der Waals surface area (Å²) in [5, 5.41) is 1.91. The van der Waals surface area contributed by atoms with Crippen molar-refractivity contribution in [1.29, 1.82) is 0 Å². The average Bonchev–Trinajstić information content (AvgIpc) is 3.20. The van der Waals surface area contributed by atoms with Gasteiger partial charge < -0.3 is 13.6 Å². The van der Waals surface area contributed by atoms with Gasteiger partial charge in [-0.1, -0.05) is 18.2 Å². The van der Waals surface area contributed by atoms with Crippen molar-refractivity contribution in [3.8, 4) is 5.75 Å². The molecule has 4 heteroatoms. The van der Waals surface area contributed by atoms with Gasteiger partial charge in [0.2, 0.25) is 0 Å². The molecule has 23 heavy (non-hydrogen) atoms. The second-order valence-electron chi connectivity index (χ2n) is 5.03. The maximum atomic E-state index is 11.9. The molecule has 0 saturated heterocycles. The lowest BCUT2D eigenvalue weighted by molar-refractivity contribution is -0.128. The van der Waals surface area contributed by atoms with Gasteiger partial charge >= 0.3 is 5.97 Å². The lowest BCUT2D eigenvalue weighted by Gasteiger charge is -2.00. The van der Waals surface area contributed by atoms with Crippen LogP contribution >= 0.6 is 0 Å². The van der Waals surface area contributed by atoms with E-state index in [-0.39, 0.29) is 0 Å². The average molecular weight is 304 g/mol. The lowest BCUT2D eigenvalue weighted by atomic mass is 10.1. The van der Waals surface area contributed by atoms with E-state index in [0.717, 1.165) is 21.9 Å². The Kier molecular flexibility index (Phi) is 3.20. The third-order valence-corrected chi connectivity index (χ3v) is 3.49. The Morgan fingerprint density at radius 1 is 0.957 bits per heavy atom. The molecule has 0 spiro atoms. The van der Waals surface area contributed by atoms with Crippen LogP contribution < -0.4 is 4.74 Å². The van der Waals surface area contributed by atoms with Crippen LogP contribution in [-0.4, -0.2) is 5.97 Å². The van der Waals surface area contributed by atoms with Crippen LogP contribution in [-0.2, 0) is 4.79 Å². The number of esters is 1. The number of para-hydroxylation sites is 1. The first-order chi connectivity index (χ1) is 11.3. The van der Waals surface area contributed by atoms with E-state index in [2.05, 4.69) is 0 Å². The molecule has 2 aromatic carbocycles. The van der Waals surface area contributed by atoms with Crippen LogP contribution in [0.3, 0.4) is 0 Å². The van der Waals surface area contributed by atoms with Gasteiger partial charge in [-0.15, -0.1) is 0 Å². The van der Waals surface area contributed by atoms with Gasteiger partial charge in [-0.05, 0) is 42.5 Å². The Morgan fingerprint density at radius 2 is 1.83 bits per heavy atom. The third kappa shape index (κ3) is 2.62. The first-order valence-corrected chi connectivity index (χ1v) is 7.14. The monoisotopic (exact) mass is 304 g/mol. The molecule has 0 aliphatic carbocycles. The minimum absolute atomic E-state index is 0.464. The number of hydrogen-bond acceptors (Lipinski definition) is 4. The normalized spacial score (nSPS) is 11.5. The van der Waals surface area contributed by atoms with E-state index >= 15 is 0 Å². The highest BCUT2D eigenvalue weighted by Gasteiger charge is 2.08. The molecule has 0 amide bonds. The molecule has 0 N–H and O–H groups in total. The summed E-state index contributed by atoms with van der Waals surface area (Å²) in [5.74, 6) is 0.602. The number of ether oxygens (including phenoxy) is 1. The minimum atomic E-state index is -0.464. The van der Waals surface area contributed by atoms with Gasteiger partial charge in [0.1, 0.15) is 22.7 Å². The van der Waals surface area contributed by atoms with Gasteiger partial charge in [0, 0.05) is 16.8 Å². The Morgan fingerprint density at radius 3 is 2.70 bits per heavy atom. The zero-order valence-corrected chi connectivity index (χ0v) is 12.1. The van der Waals surface area contributed by atoms with Crippen molar-refractivity contribution in [2.45, 2.75) is 0 Å². The van der Waals surface area contributed by atoms with Crippen LogP contribution in [0.15, 0.2) is 75.8 Å². The number of hydrogen-bond donors (Lipinski definition) is 0. The lowest BCUT2D eigenvalue weighted by Crippen LogP contribution is -2.03. The smallest absolute Gasteiger partial charge is 0.336 e. The molecule has 0 bridgehead atoms. The molecule has 112 valence electrons. The summed E-state index contributed by atoms with van der Waals surface area (Å²) in [6, 6.07) is 16.6. The quantitative estimate of drug-likeness (QED) is 0.310. The van der Waals surface area contributed by atoms with Crippen molar-refractivity contribution in [3.63, 3.8) is 0 Å². The highest BCUT2D eigenvalue weighted by Crippen LogP contribution is 2.31. The van der Waals surface area contributed by atoms with Crippen molar-refractivity contribution >= 4 is 34.0 Å². The van der Waals surface area contributed by atoms with Gasteiger partial charge in [0.05, 0.1) is 6.26 Å². The highest BCUT2D eigenvalue weighted by molar-refractivity contribution is 6.05. The second kappa shape index (κ2) is 5.50. The zero-order chi connectivity index (χ0) is 15.6. The van der Waals surface area contributed by atoms with Gasteiger partial charge in [-0.3, -0.25) is 0 Å². The molecule has 0 atom stereocenters. The predicted octanol–water partition coefficient (Wildman–Crippen LogP) is 4.80. The van der Waals surface area contributed by atoms with Crippen LogP contribution in [0.4, 0.5) is 0 Å². The van der Waals surface area contributed by atoms with Gasteiger partial charge in [-0.2, -0.15) is 0 Å². The molecule has 2 heterocycles. The standard InChI is InChI=1S/C19H12O4/c20-19(10-8-13-4-3-11-21-13)22-14-7-9-18-16(12-14)15-5-1-2-6-17(15)23-18/h1-12H. The van der Waals surface area contributed by atoms with Crippen LogP contribution in [0.5, 0.6) is 5.75 Å². The second-order valence-corrected chi connectivity index (χ2v) is 5.03. The summed E-state index contributed by atoms with van der Waals surface area (Å²) >= 11 is 0. The Balaban J connectivity index is 1.61. The summed E-state index contributed by atoms with van der Waals surface area (Å²) in [6.45, 7) is 0. The zero-order valence-electron chi connectivity index (χ0n) is 12.1.